The normalized spacial score (nSPS) is 11.3. The van der Waals surface area contributed by atoms with Crippen LogP contribution in [0.4, 0.5) is 0 Å². The van der Waals surface area contributed by atoms with Crippen LogP contribution < -0.4 is 5.73 Å². The fourth-order valence-corrected chi connectivity index (χ4v) is 2.47. The van der Waals surface area contributed by atoms with Crippen LogP contribution in [0.2, 0.25) is 5.15 Å². The Morgan fingerprint density at radius 1 is 1.32 bits per heavy atom. The van der Waals surface area contributed by atoms with E-state index >= 15 is 0 Å². The van der Waals surface area contributed by atoms with Gasteiger partial charge in [0.15, 0.2) is 0 Å². The van der Waals surface area contributed by atoms with Crippen LogP contribution in [-0.2, 0) is 20.1 Å². The number of imidazole rings is 1. The maximum atomic E-state index is 6.01. The third-order valence-electron chi connectivity index (χ3n) is 3.46. The fraction of sp³-hybridized carbons (Fsp3) is 0.214. The van der Waals surface area contributed by atoms with Gasteiger partial charge in [-0.3, -0.25) is 0 Å². The van der Waals surface area contributed by atoms with Crippen molar-refractivity contribution in [2.75, 3.05) is 0 Å². The standard InChI is InChI=1S/C14H15ClN4/c1-18-13(15)8-17-14(18)9-19-6-5-11-10(7-16)3-2-4-12(11)19/h2-6,8H,7,9,16H2,1H3. The van der Waals surface area contributed by atoms with Gasteiger partial charge >= 0.3 is 0 Å². The van der Waals surface area contributed by atoms with Crippen molar-refractivity contribution in [1.29, 1.82) is 0 Å². The minimum Gasteiger partial charge on any atom is -0.340 e. The van der Waals surface area contributed by atoms with Gasteiger partial charge in [0.1, 0.15) is 11.0 Å². The first-order chi connectivity index (χ1) is 9.20. The van der Waals surface area contributed by atoms with E-state index in [0.717, 1.165) is 11.4 Å². The van der Waals surface area contributed by atoms with E-state index in [1.165, 1.54) is 10.9 Å². The molecular weight excluding hydrogens is 260 g/mol. The van der Waals surface area contributed by atoms with Gasteiger partial charge in [0.05, 0.1) is 12.7 Å². The molecule has 0 unspecified atom stereocenters. The van der Waals surface area contributed by atoms with E-state index in [-0.39, 0.29) is 0 Å². The molecule has 0 spiro atoms. The van der Waals surface area contributed by atoms with Gasteiger partial charge in [-0.2, -0.15) is 0 Å². The number of nitrogens with zero attached hydrogens (tertiary/aromatic N) is 3. The van der Waals surface area contributed by atoms with Gasteiger partial charge in [-0.1, -0.05) is 23.7 Å². The second kappa shape index (κ2) is 4.72. The zero-order valence-corrected chi connectivity index (χ0v) is 11.4. The van der Waals surface area contributed by atoms with Crippen LogP contribution >= 0.6 is 11.6 Å². The van der Waals surface area contributed by atoms with Crippen molar-refractivity contribution >= 4 is 22.5 Å². The number of fused-ring (bicyclic) bond motifs is 1. The maximum Gasteiger partial charge on any atom is 0.129 e. The van der Waals surface area contributed by atoms with Crippen LogP contribution in [0, 0.1) is 0 Å². The summed E-state index contributed by atoms with van der Waals surface area (Å²) in [7, 11) is 1.92. The van der Waals surface area contributed by atoms with Crippen LogP contribution in [-0.4, -0.2) is 14.1 Å². The first kappa shape index (κ1) is 12.3. The van der Waals surface area contributed by atoms with Gasteiger partial charge in [-0.05, 0) is 17.7 Å². The number of halogens is 1. The predicted molar refractivity (Wildman–Crippen MR) is 77.1 cm³/mol. The number of rotatable bonds is 3. The fourth-order valence-electron chi connectivity index (χ4n) is 2.33. The lowest BCUT2D eigenvalue weighted by atomic mass is 10.1. The lowest BCUT2D eigenvalue weighted by Gasteiger charge is -2.07. The van der Waals surface area contributed by atoms with Crippen molar-refractivity contribution < 1.29 is 0 Å². The molecule has 0 aliphatic heterocycles. The molecule has 0 saturated carbocycles. The molecule has 2 heterocycles. The zero-order chi connectivity index (χ0) is 13.4. The molecule has 0 aliphatic carbocycles. The van der Waals surface area contributed by atoms with Gasteiger partial charge in [0.25, 0.3) is 0 Å². The zero-order valence-electron chi connectivity index (χ0n) is 10.7. The molecule has 19 heavy (non-hydrogen) atoms. The Hall–Kier alpha value is -1.78. The van der Waals surface area contributed by atoms with Crippen LogP contribution in [0.25, 0.3) is 10.9 Å². The van der Waals surface area contributed by atoms with Crippen LogP contribution in [0.15, 0.2) is 36.7 Å². The lowest BCUT2D eigenvalue weighted by molar-refractivity contribution is 0.718. The SMILES string of the molecule is Cn1c(Cl)cnc1Cn1ccc2c(CN)cccc21. The third kappa shape index (κ3) is 2.03. The molecule has 1 aromatic carbocycles. The number of benzene rings is 1. The van der Waals surface area contributed by atoms with Crippen molar-refractivity contribution in [2.45, 2.75) is 13.1 Å². The highest BCUT2D eigenvalue weighted by Crippen LogP contribution is 2.21. The summed E-state index contributed by atoms with van der Waals surface area (Å²) in [6.45, 7) is 1.25. The second-order valence-electron chi connectivity index (χ2n) is 4.55. The number of aromatic nitrogens is 3. The van der Waals surface area contributed by atoms with Crippen molar-refractivity contribution in [3.05, 3.63) is 53.2 Å². The summed E-state index contributed by atoms with van der Waals surface area (Å²) in [6.07, 6.45) is 3.74. The highest BCUT2D eigenvalue weighted by molar-refractivity contribution is 6.29. The first-order valence-electron chi connectivity index (χ1n) is 6.13. The van der Waals surface area contributed by atoms with E-state index in [4.69, 9.17) is 17.3 Å². The van der Waals surface area contributed by atoms with Gasteiger partial charge in [-0.25, -0.2) is 4.98 Å². The third-order valence-corrected chi connectivity index (χ3v) is 3.81. The molecule has 98 valence electrons. The Kier molecular flexibility index (Phi) is 3.05. The Morgan fingerprint density at radius 3 is 2.84 bits per heavy atom. The number of nitrogens with two attached hydrogens (primary N) is 1. The van der Waals surface area contributed by atoms with E-state index in [1.54, 1.807) is 6.20 Å². The van der Waals surface area contributed by atoms with Gasteiger partial charge in [0, 0.05) is 30.7 Å². The Bertz CT molecular complexity index is 726. The van der Waals surface area contributed by atoms with Crippen molar-refractivity contribution in [3.8, 4) is 0 Å². The second-order valence-corrected chi connectivity index (χ2v) is 4.94. The maximum absolute atomic E-state index is 6.01. The minimum absolute atomic E-state index is 0.551. The van der Waals surface area contributed by atoms with Crippen LogP contribution in [0.1, 0.15) is 11.4 Å². The van der Waals surface area contributed by atoms with Crippen LogP contribution in [0.3, 0.4) is 0 Å². The summed E-state index contributed by atoms with van der Waals surface area (Å²) < 4.78 is 4.05. The van der Waals surface area contributed by atoms with Gasteiger partial charge in [0.2, 0.25) is 0 Å². The summed E-state index contributed by atoms with van der Waals surface area (Å²) in [5.74, 6) is 0.931. The van der Waals surface area contributed by atoms with Gasteiger partial charge < -0.3 is 14.9 Å². The molecule has 0 bridgehead atoms. The summed E-state index contributed by atoms with van der Waals surface area (Å²) in [6, 6.07) is 8.29. The summed E-state index contributed by atoms with van der Waals surface area (Å²) in [4.78, 5) is 4.33. The Labute approximate surface area is 116 Å². The Morgan fingerprint density at radius 2 is 2.16 bits per heavy atom. The molecule has 2 aromatic heterocycles. The van der Waals surface area contributed by atoms with E-state index in [9.17, 15) is 0 Å². The monoisotopic (exact) mass is 274 g/mol. The predicted octanol–water partition coefficient (Wildman–Crippen LogP) is 2.54. The summed E-state index contributed by atoms with van der Waals surface area (Å²) in [5.41, 5.74) is 8.09. The van der Waals surface area contributed by atoms with Gasteiger partial charge in [-0.15, -0.1) is 0 Å². The van der Waals surface area contributed by atoms with E-state index in [1.807, 2.05) is 17.7 Å². The molecule has 0 saturated heterocycles. The molecular formula is C14H15ClN4. The highest BCUT2D eigenvalue weighted by atomic mass is 35.5. The largest absolute Gasteiger partial charge is 0.340 e. The first-order valence-corrected chi connectivity index (χ1v) is 6.51. The molecule has 5 heteroatoms. The molecule has 3 rings (SSSR count). The average Bonchev–Trinajstić information content (AvgIpc) is 2.97. The average molecular weight is 275 g/mol. The van der Waals surface area contributed by atoms with Crippen molar-refractivity contribution in [2.24, 2.45) is 12.8 Å². The smallest absolute Gasteiger partial charge is 0.129 e. The van der Waals surface area contributed by atoms with E-state index in [0.29, 0.717) is 18.2 Å². The molecule has 3 aromatic rings. The molecule has 0 amide bonds. The van der Waals surface area contributed by atoms with E-state index in [2.05, 4.69) is 33.9 Å². The molecule has 2 N–H and O–H groups in total. The summed E-state index contributed by atoms with van der Waals surface area (Å²) in [5, 5.41) is 1.85. The number of hydrogen-bond acceptors (Lipinski definition) is 2. The number of hydrogen-bond donors (Lipinski definition) is 1. The topological polar surface area (TPSA) is 48.8 Å². The lowest BCUT2D eigenvalue weighted by Crippen LogP contribution is -2.05. The molecule has 0 radical (unpaired) electrons. The quantitative estimate of drug-likeness (QED) is 0.798. The molecule has 4 nitrogen and oxygen atoms in total. The minimum atomic E-state index is 0.551. The molecule has 0 atom stereocenters. The van der Waals surface area contributed by atoms with E-state index < -0.39 is 0 Å². The Balaban J connectivity index is 2.04. The van der Waals surface area contributed by atoms with Crippen LogP contribution in [0.5, 0.6) is 0 Å². The van der Waals surface area contributed by atoms with Crippen molar-refractivity contribution in [1.82, 2.24) is 14.1 Å². The molecule has 0 fully saturated rings. The molecule has 0 aliphatic rings. The highest BCUT2D eigenvalue weighted by Gasteiger charge is 2.08. The summed E-state index contributed by atoms with van der Waals surface area (Å²) >= 11 is 6.01. The van der Waals surface area contributed by atoms with Crippen molar-refractivity contribution in [3.63, 3.8) is 0 Å².